The number of aromatic nitrogens is 3. The van der Waals surface area contributed by atoms with Crippen LogP contribution in [0.15, 0.2) is 79.4 Å². The highest BCUT2D eigenvalue weighted by atomic mass is 16.5. The largest absolute Gasteiger partial charge is 0.437 e. The average molecular weight is 438 g/mol. The molecule has 6 heteroatoms. The van der Waals surface area contributed by atoms with Gasteiger partial charge in [0.15, 0.2) is 0 Å². The monoisotopic (exact) mass is 437 g/mol. The fourth-order valence-corrected chi connectivity index (χ4v) is 4.01. The molecule has 4 heterocycles. The van der Waals surface area contributed by atoms with Crippen LogP contribution in [0.1, 0.15) is 26.3 Å². The molecule has 0 aliphatic carbocycles. The molecule has 4 aromatic rings. The molecule has 6 nitrogen and oxygen atoms in total. The second kappa shape index (κ2) is 8.20. The minimum atomic E-state index is 0.0475. The van der Waals surface area contributed by atoms with Crippen molar-refractivity contribution in [2.24, 2.45) is 0 Å². The summed E-state index contributed by atoms with van der Waals surface area (Å²) in [7, 11) is 2.09. The van der Waals surface area contributed by atoms with Crippen molar-refractivity contribution in [3.05, 3.63) is 84.9 Å². The van der Waals surface area contributed by atoms with E-state index in [1.54, 1.807) is 12.4 Å². The lowest BCUT2D eigenvalue weighted by molar-refractivity contribution is 0.461. The summed E-state index contributed by atoms with van der Waals surface area (Å²) in [5, 5.41) is 0. The van der Waals surface area contributed by atoms with Gasteiger partial charge in [-0.3, -0.25) is 9.97 Å². The molecule has 3 aromatic heterocycles. The van der Waals surface area contributed by atoms with Gasteiger partial charge in [0.2, 0.25) is 5.88 Å². The van der Waals surface area contributed by atoms with Gasteiger partial charge in [0, 0.05) is 43.0 Å². The van der Waals surface area contributed by atoms with E-state index in [1.165, 1.54) is 16.9 Å². The topological polar surface area (TPSA) is 54.4 Å². The summed E-state index contributed by atoms with van der Waals surface area (Å²) in [5.74, 6) is 1.15. The number of pyridine rings is 3. The smallest absolute Gasteiger partial charge is 0.221 e. The van der Waals surface area contributed by atoms with E-state index < -0.39 is 0 Å². The van der Waals surface area contributed by atoms with Crippen LogP contribution in [0.5, 0.6) is 11.6 Å². The van der Waals surface area contributed by atoms with Crippen LogP contribution in [0.3, 0.4) is 0 Å². The van der Waals surface area contributed by atoms with E-state index in [1.807, 2.05) is 30.6 Å². The third-order valence-electron chi connectivity index (χ3n) is 5.82. The van der Waals surface area contributed by atoms with E-state index in [0.29, 0.717) is 11.6 Å². The molecule has 1 aliphatic heterocycles. The number of hydrogen-bond donors (Lipinski definition) is 0. The van der Waals surface area contributed by atoms with Gasteiger partial charge in [-0.25, -0.2) is 4.98 Å². The predicted molar refractivity (Wildman–Crippen MR) is 132 cm³/mol. The molecular formula is C27H27N5O. The Morgan fingerprint density at radius 3 is 2.48 bits per heavy atom. The Balaban J connectivity index is 1.41. The fraction of sp³-hybridized carbons (Fsp3) is 0.222. The predicted octanol–water partition coefficient (Wildman–Crippen LogP) is 6.17. The first-order chi connectivity index (χ1) is 15.9. The summed E-state index contributed by atoms with van der Waals surface area (Å²) in [6.45, 7) is 7.35. The first kappa shape index (κ1) is 20.9. The van der Waals surface area contributed by atoms with E-state index in [9.17, 15) is 0 Å². The molecule has 33 heavy (non-hydrogen) atoms. The summed E-state index contributed by atoms with van der Waals surface area (Å²) >= 11 is 0. The average Bonchev–Trinajstić information content (AvgIpc) is 3.16. The van der Waals surface area contributed by atoms with Gasteiger partial charge in [0.1, 0.15) is 5.75 Å². The maximum absolute atomic E-state index is 6.11. The zero-order valence-electron chi connectivity index (χ0n) is 19.4. The Hall–Kier alpha value is -3.93. The Kier molecular flexibility index (Phi) is 5.21. The molecule has 0 N–H and O–H groups in total. The van der Waals surface area contributed by atoms with Crippen molar-refractivity contribution in [1.29, 1.82) is 0 Å². The quantitative estimate of drug-likeness (QED) is 0.380. The normalized spacial score (nSPS) is 13.2. The highest BCUT2D eigenvalue weighted by Crippen LogP contribution is 2.40. The third-order valence-corrected chi connectivity index (χ3v) is 5.82. The third kappa shape index (κ3) is 4.24. The van der Waals surface area contributed by atoms with E-state index >= 15 is 0 Å². The van der Waals surface area contributed by atoms with Gasteiger partial charge in [-0.1, -0.05) is 32.9 Å². The molecular weight excluding hydrogens is 410 g/mol. The lowest BCUT2D eigenvalue weighted by atomic mass is 9.87. The summed E-state index contributed by atoms with van der Waals surface area (Å²) in [4.78, 5) is 17.8. The van der Waals surface area contributed by atoms with Crippen LogP contribution >= 0.6 is 0 Å². The van der Waals surface area contributed by atoms with Crippen LogP contribution in [0, 0.1) is 0 Å². The number of rotatable bonds is 4. The van der Waals surface area contributed by atoms with Crippen LogP contribution in [0.2, 0.25) is 0 Å². The van der Waals surface area contributed by atoms with Gasteiger partial charge < -0.3 is 14.5 Å². The molecule has 0 saturated carbocycles. The van der Waals surface area contributed by atoms with Crippen LogP contribution in [0.4, 0.5) is 17.1 Å². The zero-order chi connectivity index (χ0) is 23.0. The molecule has 1 aromatic carbocycles. The maximum atomic E-state index is 6.11. The van der Waals surface area contributed by atoms with Crippen molar-refractivity contribution in [3.63, 3.8) is 0 Å². The second-order valence-electron chi connectivity index (χ2n) is 9.30. The van der Waals surface area contributed by atoms with E-state index in [0.717, 1.165) is 23.6 Å². The Labute approximate surface area is 194 Å². The number of fused-ring (bicyclic) bond motifs is 1. The lowest BCUT2D eigenvalue weighted by Gasteiger charge is -2.20. The maximum Gasteiger partial charge on any atom is 0.221 e. The minimum absolute atomic E-state index is 0.0475. The fourth-order valence-electron chi connectivity index (χ4n) is 4.01. The summed E-state index contributed by atoms with van der Waals surface area (Å²) in [6, 6.07) is 18.5. The molecule has 0 saturated heterocycles. The van der Waals surface area contributed by atoms with E-state index in [4.69, 9.17) is 4.74 Å². The van der Waals surface area contributed by atoms with Crippen LogP contribution in [-0.4, -0.2) is 28.7 Å². The van der Waals surface area contributed by atoms with Crippen molar-refractivity contribution in [2.75, 3.05) is 23.5 Å². The molecule has 0 amide bonds. The number of ether oxygens (including phenoxy) is 1. The van der Waals surface area contributed by atoms with Crippen molar-refractivity contribution < 1.29 is 4.74 Å². The van der Waals surface area contributed by atoms with Gasteiger partial charge in [0.25, 0.3) is 0 Å². The van der Waals surface area contributed by atoms with Gasteiger partial charge in [-0.15, -0.1) is 0 Å². The highest BCUT2D eigenvalue weighted by Gasteiger charge is 2.24. The molecule has 0 radical (unpaired) electrons. The van der Waals surface area contributed by atoms with Crippen LogP contribution < -0.4 is 14.5 Å². The number of anilines is 3. The molecule has 0 fully saturated rings. The molecule has 0 bridgehead atoms. The Morgan fingerprint density at radius 2 is 1.67 bits per heavy atom. The molecule has 1 aliphatic rings. The van der Waals surface area contributed by atoms with E-state index in [-0.39, 0.29) is 5.41 Å². The van der Waals surface area contributed by atoms with E-state index in [2.05, 4.69) is 89.0 Å². The zero-order valence-corrected chi connectivity index (χ0v) is 19.4. The first-order valence-electron chi connectivity index (χ1n) is 11.0. The highest BCUT2D eigenvalue weighted by molar-refractivity contribution is 5.82. The van der Waals surface area contributed by atoms with Gasteiger partial charge in [0.05, 0.1) is 29.9 Å². The number of nitrogens with zero attached hydrogens (tertiary/aromatic N) is 5. The van der Waals surface area contributed by atoms with Gasteiger partial charge in [-0.2, -0.15) is 0 Å². The summed E-state index contributed by atoms with van der Waals surface area (Å²) in [5.41, 5.74) is 6.46. The number of benzene rings is 1. The molecule has 0 atom stereocenters. The summed E-state index contributed by atoms with van der Waals surface area (Å²) < 4.78 is 6.11. The van der Waals surface area contributed by atoms with Crippen molar-refractivity contribution >= 4 is 17.1 Å². The molecule has 5 rings (SSSR count). The summed E-state index contributed by atoms with van der Waals surface area (Å²) in [6.07, 6.45) is 7.13. The first-order valence-corrected chi connectivity index (χ1v) is 11.0. The van der Waals surface area contributed by atoms with Crippen molar-refractivity contribution in [3.8, 4) is 22.9 Å². The minimum Gasteiger partial charge on any atom is -0.437 e. The van der Waals surface area contributed by atoms with Crippen molar-refractivity contribution in [2.45, 2.75) is 26.2 Å². The molecule has 0 unspecified atom stereocenters. The molecule has 0 spiro atoms. The van der Waals surface area contributed by atoms with Crippen LogP contribution in [0.25, 0.3) is 11.3 Å². The van der Waals surface area contributed by atoms with Crippen LogP contribution in [-0.2, 0) is 5.41 Å². The standard InChI is InChI=1S/C27H27N5O/c1-27(2,3)20-9-11-29-23(14-20)19-13-22(17-28-16-19)33-26-15-21(10-12-30-26)32-18-31(4)24-7-5-6-8-25(24)32/h5-17H,18H2,1-4H3. The second-order valence-corrected chi connectivity index (χ2v) is 9.30. The SMILES string of the molecule is CN1CN(c2ccnc(Oc3cncc(-c4cc(C(C)(C)C)ccn4)c3)c2)c2ccccc21. The van der Waals surface area contributed by atoms with Gasteiger partial charge in [-0.05, 0) is 47.4 Å². The number of para-hydroxylation sites is 2. The molecule has 166 valence electrons. The Morgan fingerprint density at radius 1 is 0.879 bits per heavy atom. The lowest BCUT2D eigenvalue weighted by Crippen LogP contribution is -2.23. The Bertz CT molecular complexity index is 1300. The van der Waals surface area contributed by atoms with Crippen molar-refractivity contribution in [1.82, 2.24) is 15.0 Å². The van der Waals surface area contributed by atoms with Gasteiger partial charge >= 0.3 is 0 Å². The number of hydrogen-bond acceptors (Lipinski definition) is 6.